The van der Waals surface area contributed by atoms with Crippen LogP contribution >= 0.6 is 0 Å². The van der Waals surface area contributed by atoms with E-state index in [0.29, 0.717) is 0 Å². The van der Waals surface area contributed by atoms with Gasteiger partial charge in [-0.05, 0) is 0 Å². The minimum atomic E-state index is 0.0707. The topological polar surface area (TPSA) is 120 Å². The Morgan fingerprint density at radius 1 is 1.21 bits per heavy atom. The van der Waals surface area contributed by atoms with E-state index in [2.05, 4.69) is 15.0 Å². The van der Waals surface area contributed by atoms with Gasteiger partial charge in [-0.15, -0.1) is 0 Å². The second-order valence-electron chi connectivity index (χ2n) is 2.03. The molecule has 0 aliphatic rings. The van der Waals surface area contributed by atoms with Crippen LogP contribution in [-0.4, -0.2) is 35.9 Å². The van der Waals surface area contributed by atoms with Crippen molar-refractivity contribution in [3.05, 3.63) is 0 Å². The molecular formula is C6H12N6O2. The Morgan fingerprint density at radius 3 is 2.00 bits per heavy atom. The first-order valence-corrected chi connectivity index (χ1v) is 3.47. The molecule has 1 aromatic rings. The largest absolute Gasteiger partial charge is 0.368 e. The molecule has 0 atom stereocenters. The van der Waals surface area contributed by atoms with Crippen LogP contribution in [0.3, 0.4) is 0 Å². The Balaban J connectivity index is 0.000000791. The van der Waals surface area contributed by atoms with Gasteiger partial charge >= 0.3 is 0 Å². The highest BCUT2D eigenvalue weighted by Crippen LogP contribution is 2.07. The maximum absolute atomic E-state index is 8.00. The Morgan fingerprint density at radius 2 is 1.64 bits per heavy atom. The first-order chi connectivity index (χ1) is 6.63. The van der Waals surface area contributed by atoms with Crippen molar-refractivity contribution in [3.63, 3.8) is 0 Å². The number of nitrogens with two attached hydrogens (primary N) is 2. The second-order valence-corrected chi connectivity index (χ2v) is 2.03. The molecule has 1 heterocycles. The van der Waals surface area contributed by atoms with Crippen LogP contribution in [0.25, 0.3) is 0 Å². The lowest BCUT2D eigenvalue weighted by Gasteiger charge is -2.12. The number of carbonyl (C=O) groups is 1. The first-order valence-electron chi connectivity index (χ1n) is 3.47. The standard InChI is InChI=1S/C5H10N6O.CH2O/c1-11(12-2)5-9-3(6)8-4(7)10-5;1-2/h1-2H3,(H4,6,7,8,9,10);1H2. The number of nitrogens with zero attached hydrogens (tertiary/aromatic N) is 4. The maximum atomic E-state index is 8.00. The molecule has 0 spiro atoms. The van der Waals surface area contributed by atoms with Gasteiger partial charge in [-0.3, -0.25) is 4.84 Å². The molecule has 8 nitrogen and oxygen atoms in total. The summed E-state index contributed by atoms with van der Waals surface area (Å²) in [5.74, 6) is 0.422. The summed E-state index contributed by atoms with van der Waals surface area (Å²) in [6.07, 6.45) is 0. The SMILES string of the molecule is C=O.CON(C)c1nc(N)nc(N)n1. The van der Waals surface area contributed by atoms with Crippen molar-refractivity contribution in [2.45, 2.75) is 0 Å². The van der Waals surface area contributed by atoms with E-state index in [9.17, 15) is 0 Å². The third-order valence-electron chi connectivity index (χ3n) is 1.21. The third-order valence-corrected chi connectivity index (χ3v) is 1.21. The summed E-state index contributed by atoms with van der Waals surface area (Å²) in [7, 11) is 3.12. The Hall–Kier alpha value is -1.96. The Kier molecular flexibility index (Phi) is 4.86. The van der Waals surface area contributed by atoms with E-state index in [-0.39, 0.29) is 17.8 Å². The fourth-order valence-electron chi connectivity index (χ4n) is 0.620. The van der Waals surface area contributed by atoms with E-state index in [1.807, 2.05) is 6.79 Å². The number of carbonyl (C=O) groups excluding carboxylic acids is 1. The minimum absolute atomic E-state index is 0.0707. The number of rotatable bonds is 2. The molecule has 0 aromatic carbocycles. The van der Waals surface area contributed by atoms with E-state index >= 15 is 0 Å². The molecule has 1 aromatic heterocycles. The van der Waals surface area contributed by atoms with Gasteiger partial charge < -0.3 is 16.3 Å². The summed E-state index contributed by atoms with van der Waals surface area (Å²) in [4.78, 5) is 24.0. The molecule has 0 saturated carbocycles. The zero-order valence-corrected chi connectivity index (χ0v) is 7.97. The van der Waals surface area contributed by atoms with Crippen LogP contribution in [0, 0.1) is 0 Å². The fraction of sp³-hybridized carbons (Fsp3) is 0.333. The van der Waals surface area contributed by atoms with Gasteiger partial charge in [-0.2, -0.15) is 15.0 Å². The van der Waals surface area contributed by atoms with Crippen LogP contribution in [0.1, 0.15) is 0 Å². The number of anilines is 3. The maximum Gasteiger partial charge on any atom is 0.256 e. The number of hydrogen-bond acceptors (Lipinski definition) is 8. The van der Waals surface area contributed by atoms with Crippen molar-refractivity contribution >= 4 is 24.6 Å². The number of hydrogen-bond donors (Lipinski definition) is 2. The van der Waals surface area contributed by atoms with Gasteiger partial charge in [0.15, 0.2) is 0 Å². The van der Waals surface area contributed by atoms with Gasteiger partial charge in [0.05, 0.1) is 7.11 Å². The zero-order valence-electron chi connectivity index (χ0n) is 7.97. The highest BCUT2D eigenvalue weighted by atomic mass is 16.7. The van der Waals surface area contributed by atoms with Crippen molar-refractivity contribution in [2.75, 3.05) is 30.7 Å². The summed E-state index contributed by atoms with van der Waals surface area (Å²) in [6.45, 7) is 2.00. The summed E-state index contributed by atoms with van der Waals surface area (Å²) in [6, 6.07) is 0. The molecule has 0 unspecified atom stereocenters. The molecule has 0 saturated heterocycles. The molecule has 0 aliphatic heterocycles. The molecule has 78 valence electrons. The van der Waals surface area contributed by atoms with Gasteiger partial charge in [0.25, 0.3) is 5.95 Å². The fourth-order valence-corrected chi connectivity index (χ4v) is 0.620. The van der Waals surface area contributed by atoms with Crippen molar-refractivity contribution in [1.29, 1.82) is 0 Å². The van der Waals surface area contributed by atoms with E-state index in [0.717, 1.165) is 0 Å². The highest BCUT2D eigenvalue weighted by Gasteiger charge is 2.05. The second kappa shape index (κ2) is 5.65. The number of hydroxylamine groups is 1. The average Bonchev–Trinajstić information content (AvgIpc) is 2.18. The Labute approximate surface area is 80.9 Å². The van der Waals surface area contributed by atoms with Gasteiger partial charge in [0.1, 0.15) is 6.79 Å². The number of nitrogen functional groups attached to an aromatic ring is 2. The van der Waals surface area contributed by atoms with E-state index in [1.165, 1.54) is 12.2 Å². The van der Waals surface area contributed by atoms with Crippen LogP contribution in [-0.2, 0) is 9.63 Å². The quantitative estimate of drug-likeness (QED) is 0.574. The molecule has 0 bridgehead atoms. The Bertz CT molecular complexity index is 273. The molecule has 4 N–H and O–H groups in total. The number of aromatic nitrogens is 3. The predicted molar refractivity (Wildman–Crippen MR) is 51.2 cm³/mol. The molecule has 0 fully saturated rings. The molecular weight excluding hydrogens is 188 g/mol. The molecule has 0 amide bonds. The molecule has 8 heteroatoms. The lowest BCUT2D eigenvalue weighted by Crippen LogP contribution is -2.19. The van der Waals surface area contributed by atoms with Gasteiger partial charge in [-0.1, -0.05) is 0 Å². The third kappa shape index (κ3) is 3.19. The normalized spacial score (nSPS) is 8.71. The van der Waals surface area contributed by atoms with Crippen LogP contribution in [0.5, 0.6) is 0 Å². The minimum Gasteiger partial charge on any atom is -0.368 e. The molecule has 14 heavy (non-hydrogen) atoms. The van der Waals surface area contributed by atoms with Crippen molar-refractivity contribution < 1.29 is 9.63 Å². The summed E-state index contributed by atoms with van der Waals surface area (Å²) in [5, 5.41) is 1.33. The van der Waals surface area contributed by atoms with E-state index in [4.69, 9.17) is 21.1 Å². The summed E-state index contributed by atoms with van der Waals surface area (Å²) in [5.41, 5.74) is 10.7. The van der Waals surface area contributed by atoms with Crippen LogP contribution < -0.4 is 16.5 Å². The van der Waals surface area contributed by atoms with E-state index in [1.54, 1.807) is 7.05 Å². The van der Waals surface area contributed by atoms with Crippen LogP contribution in [0.2, 0.25) is 0 Å². The monoisotopic (exact) mass is 200 g/mol. The lowest BCUT2D eigenvalue weighted by atomic mass is 10.8. The molecule has 1 rings (SSSR count). The van der Waals surface area contributed by atoms with Gasteiger partial charge in [0, 0.05) is 7.05 Å². The van der Waals surface area contributed by atoms with Crippen molar-refractivity contribution in [3.8, 4) is 0 Å². The van der Waals surface area contributed by atoms with Gasteiger partial charge in [0.2, 0.25) is 11.9 Å². The zero-order chi connectivity index (χ0) is 11.1. The van der Waals surface area contributed by atoms with Crippen LogP contribution in [0.15, 0.2) is 0 Å². The lowest BCUT2D eigenvalue weighted by molar-refractivity contribution is -0.0979. The van der Waals surface area contributed by atoms with Crippen molar-refractivity contribution in [2.24, 2.45) is 0 Å². The van der Waals surface area contributed by atoms with E-state index < -0.39 is 0 Å². The summed E-state index contributed by atoms with van der Waals surface area (Å²) >= 11 is 0. The van der Waals surface area contributed by atoms with Gasteiger partial charge in [-0.25, -0.2) is 5.06 Å². The average molecular weight is 200 g/mol. The van der Waals surface area contributed by atoms with Crippen LogP contribution in [0.4, 0.5) is 17.8 Å². The first kappa shape index (κ1) is 12.0. The smallest absolute Gasteiger partial charge is 0.256 e. The summed E-state index contributed by atoms with van der Waals surface area (Å²) < 4.78 is 0. The highest BCUT2D eigenvalue weighted by molar-refractivity contribution is 5.36. The molecule has 0 aliphatic carbocycles. The van der Waals surface area contributed by atoms with Crippen molar-refractivity contribution in [1.82, 2.24) is 15.0 Å². The molecule has 0 radical (unpaired) electrons. The predicted octanol–water partition coefficient (Wildman–Crippen LogP) is -1.15.